The van der Waals surface area contributed by atoms with Gasteiger partial charge in [-0.05, 0) is 29.8 Å². The maximum atomic E-state index is 13.5. The molecule has 3 rings (SSSR count). The highest BCUT2D eigenvalue weighted by Gasteiger charge is 2.36. The van der Waals surface area contributed by atoms with Gasteiger partial charge in [0, 0.05) is 25.8 Å². The molecule has 1 fully saturated rings. The summed E-state index contributed by atoms with van der Waals surface area (Å²) in [6.07, 6.45) is -3.95. The van der Waals surface area contributed by atoms with Crippen LogP contribution in [0.25, 0.3) is 0 Å². The molecule has 1 aliphatic rings. The van der Waals surface area contributed by atoms with Gasteiger partial charge in [-0.1, -0.05) is 12.1 Å². The number of nitrogens with zero attached hydrogens (tertiary/aromatic N) is 2. The fraction of sp³-hybridized carbons (Fsp3) is 0.312. The van der Waals surface area contributed by atoms with E-state index in [1.807, 2.05) is 0 Å². The van der Waals surface area contributed by atoms with Gasteiger partial charge in [0.1, 0.15) is 16.4 Å². The summed E-state index contributed by atoms with van der Waals surface area (Å²) in [5, 5.41) is 3.04. The Labute approximate surface area is 147 Å². The highest BCUT2D eigenvalue weighted by Crippen LogP contribution is 2.31. The molecule has 26 heavy (non-hydrogen) atoms. The lowest BCUT2D eigenvalue weighted by Gasteiger charge is -2.35. The van der Waals surface area contributed by atoms with E-state index in [-0.39, 0.29) is 18.0 Å². The van der Waals surface area contributed by atoms with Crippen molar-refractivity contribution in [2.45, 2.75) is 17.1 Å². The Kier molecular flexibility index (Phi) is 5.00. The van der Waals surface area contributed by atoms with Gasteiger partial charge in [-0.3, -0.25) is 4.98 Å². The molecule has 1 aromatic carbocycles. The van der Waals surface area contributed by atoms with Gasteiger partial charge in [-0.15, -0.1) is 0 Å². The molecular weight excluding hydrogens is 374 g/mol. The largest absolute Gasteiger partial charge is 0.433 e. The van der Waals surface area contributed by atoms with Crippen LogP contribution in [0.5, 0.6) is 0 Å². The Morgan fingerprint density at radius 1 is 1.19 bits per heavy atom. The number of aromatic nitrogens is 1. The number of hydrogen-bond acceptors (Lipinski definition) is 4. The normalized spacial score (nSPS) is 19.5. The molecular formula is C16H15F4N3O2S. The van der Waals surface area contributed by atoms with Gasteiger partial charge in [0.15, 0.2) is 0 Å². The second-order valence-electron chi connectivity index (χ2n) is 5.77. The van der Waals surface area contributed by atoms with Crippen molar-refractivity contribution < 1.29 is 26.0 Å². The van der Waals surface area contributed by atoms with Crippen LogP contribution >= 0.6 is 0 Å². The molecule has 0 radical (unpaired) electrons. The lowest BCUT2D eigenvalue weighted by Crippen LogP contribution is -2.48. The highest BCUT2D eigenvalue weighted by atomic mass is 32.2. The molecule has 1 N–H and O–H groups in total. The number of alkyl halides is 3. The van der Waals surface area contributed by atoms with E-state index >= 15 is 0 Å². The van der Waals surface area contributed by atoms with Gasteiger partial charge < -0.3 is 5.32 Å². The second-order valence-corrected chi connectivity index (χ2v) is 7.66. The van der Waals surface area contributed by atoms with E-state index in [0.29, 0.717) is 24.4 Å². The van der Waals surface area contributed by atoms with Crippen LogP contribution in [-0.2, 0) is 16.2 Å². The van der Waals surface area contributed by atoms with E-state index in [0.717, 1.165) is 10.4 Å². The van der Waals surface area contributed by atoms with Crippen LogP contribution in [-0.4, -0.2) is 37.3 Å². The minimum atomic E-state index is -4.65. The number of piperazine rings is 1. The molecule has 1 unspecified atom stereocenters. The van der Waals surface area contributed by atoms with Crippen molar-refractivity contribution in [2.75, 3.05) is 19.6 Å². The molecule has 5 nitrogen and oxygen atoms in total. The van der Waals surface area contributed by atoms with Gasteiger partial charge in [0.25, 0.3) is 0 Å². The Hall–Kier alpha value is -2.04. The van der Waals surface area contributed by atoms with Crippen LogP contribution in [0.3, 0.4) is 0 Å². The monoisotopic (exact) mass is 389 g/mol. The van der Waals surface area contributed by atoms with E-state index < -0.39 is 33.8 Å². The molecule has 2 aromatic rings. The molecule has 0 saturated carbocycles. The topological polar surface area (TPSA) is 62.3 Å². The smallest absolute Gasteiger partial charge is 0.313 e. The Morgan fingerprint density at radius 2 is 1.96 bits per heavy atom. The van der Waals surface area contributed by atoms with Gasteiger partial charge in [0.2, 0.25) is 10.0 Å². The van der Waals surface area contributed by atoms with Gasteiger partial charge in [-0.25, -0.2) is 12.8 Å². The first-order valence-electron chi connectivity index (χ1n) is 7.71. The zero-order chi connectivity index (χ0) is 18.9. The molecule has 0 aliphatic carbocycles. The van der Waals surface area contributed by atoms with Crippen molar-refractivity contribution in [3.05, 3.63) is 59.7 Å². The number of pyridine rings is 1. The van der Waals surface area contributed by atoms with Crippen LogP contribution in [0, 0.1) is 5.82 Å². The maximum Gasteiger partial charge on any atom is 0.433 e. The van der Waals surface area contributed by atoms with Crippen LogP contribution in [0.1, 0.15) is 17.3 Å². The fourth-order valence-corrected chi connectivity index (χ4v) is 4.37. The molecule has 140 valence electrons. The summed E-state index contributed by atoms with van der Waals surface area (Å²) in [5.41, 5.74) is -0.709. The van der Waals surface area contributed by atoms with E-state index in [4.69, 9.17) is 0 Å². The average molecular weight is 389 g/mol. The van der Waals surface area contributed by atoms with E-state index in [2.05, 4.69) is 10.3 Å². The lowest BCUT2D eigenvalue weighted by atomic mass is 10.1. The second kappa shape index (κ2) is 6.93. The van der Waals surface area contributed by atoms with Gasteiger partial charge in [-0.2, -0.15) is 17.5 Å². The molecule has 0 spiro atoms. The van der Waals surface area contributed by atoms with Crippen LogP contribution in [0.15, 0.2) is 47.5 Å². The first kappa shape index (κ1) is 18.7. The van der Waals surface area contributed by atoms with Gasteiger partial charge in [0.05, 0.1) is 6.04 Å². The Bertz CT molecular complexity index is 885. The number of halogens is 4. The quantitative estimate of drug-likeness (QED) is 0.820. The minimum absolute atomic E-state index is 0.102. The summed E-state index contributed by atoms with van der Waals surface area (Å²) in [6, 6.07) is 6.41. The summed E-state index contributed by atoms with van der Waals surface area (Å²) in [7, 11) is -4.09. The summed E-state index contributed by atoms with van der Waals surface area (Å²) >= 11 is 0. The van der Waals surface area contributed by atoms with E-state index in [1.54, 1.807) is 6.07 Å². The third-order valence-electron chi connectivity index (χ3n) is 4.06. The molecule has 1 atom stereocenters. The summed E-state index contributed by atoms with van der Waals surface area (Å²) in [5.74, 6) is -0.499. The first-order valence-corrected chi connectivity index (χ1v) is 9.15. The van der Waals surface area contributed by atoms with Crippen molar-refractivity contribution in [3.63, 3.8) is 0 Å². The molecule has 1 aliphatic heterocycles. The average Bonchev–Trinajstić information content (AvgIpc) is 2.61. The van der Waals surface area contributed by atoms with Crippen molar-refractivity contribution in [2.24, 2.45) is 0 Å². The van der Waals surface area contributed by atoms with E-state index in [1.165, 1.54) is 18.2 Å². The molecule has 2 heterocycles. The third-order valence-corrected chi connectivity index (χ3v) is 5.95. The number of hydrogen-bond donors (Lipinski definition) is 1. The number of nitrogens with one attached hydrogen (secondary N) is 1. The van der Waals surface area contributed by atoms with Crippen LogP contribution in [0.2, 0.25) is 0 Å². The zero-order valence-electron chi connectivity index (χ0n) is 13.4. The van der Waals surface area contributed by atoms with Gasteiger partial charge >= 0.3 is 6.18 Å². The molecule has 1 aromatic heterocycles. The lowest BCUT2D eigenvalue weighted by molar-refractivity contribution is -0.141. The van der Waals surface area contributed by atoms with Crippen molar-refractivity contribution in [1.82, 2.24) is 14.6 Å². The Balaban J connectivity index is 1.96. The molecule has 10 heteroatoms. The van der Waals surface area contributed by atoms with Crippen molar-refractivity contribution in [1.29, 1.82) is 0 Å². The fourth-order valence-electron chi connectivity index (χ4n) is 2.81. The third kappa shape index (κ3) is 3.71. The molecule has 0 bridgehead atoms. The standard InChI is InChI=1S/C16H15F4N3O2S/c17-12-3-1-2-11(8-12)14-10-21-6-7-23(14)26(24,25)13-4-5-15(22-9-13)16(18,19)20/h1-5,8-9,14,21H,6-7,10H2. The summed E-state index contributed by atoms with van der Waals surface area (Å²) < 4.78 is 78.4. The SMILES string of the molecule is O=S(=O)(c1ccc(C(F)(F)F)nc1)N1CCNCC1c1cccc(F)c1. The number of sulfonamides is 1. The minimum Gasteiger partial charge on any atom is -0.313 e. The highest BCUT2D eigenvalue weighted by molar-refractivity contribution is 7.89. The molecule has 1 saturated heterocycles. The predicted molar refractivity (Wildman–Crippen MR) is 85.1 cm³/mol. The predicted octanol–water partition coefficient (Wildman–Crippen LogP) is 2.57. The molecule has 0 amide bonds. The van der Waals surface area contributed by atoms with Crippen molar-refractivity contribution in [3.8, 4) is 0 Å². The number of rotatable bonds is 3. The van der Waals surface area contributed by atoms with Crippen molar-refractivity contribution >= 4 is 10.0 Å². The van der Waals surface area contributed by atoms with E-state index in [9.17, 15) is 26.0 Å². The maximum absolute atomic E-state index is 13.5. The Morgan fingerprint density at radius 3 is 2.58 bits per heavy atom. The first-order chi connectivity index (χ1) is 12.2. The summed E-state index contributed by atoms with van der Waals surface area (Å²) in [6.45, 7) is 0.736. The van der Waals surface area contributed by atoms with Crippen LogP contribution < -0.4 is 5.32 Å². The summed E-state index contributed by atoms with van der Waals surface area (Å²) in [4.78, 5) is 2.88. The number of benzene rings is 1. The zero-order valence-corrected chi connectivity index (χ0v) is 14.2. The van der Waals surface area contributed by atoms with Crippen LogP contribution in [0.4, 0.5) is 17.6 Å².